The van der Waals surface area contributed by atoms with Crippen LogP contribution in [-0.2, 0) is 0 Å². The molecule has 6 heteroatoms. The molecule has 0 aliphatic heterocycles. The van der Waals surface area contributed by atoms with Crippen LogP contribution in [0.1, 0.15) is 0 Å². The molecule has 0 unspecified atom stereocenters. The van der Waals surface area contributed by atoms with Crippen LogP contribution in [0.5, 0.6) is 5.75 Å². The van der Waals surface area contributed by atoms with Crippen LogP contribution in [0.2, 0.25) is 0 Å². The first-order valence-electron chi connectivity index (χ1n) is 4.30. The highest BCUT2D eigenvalue weighted by Crippen LogP contribution is 2.22. The molecule has 5 nitrogen and oxygen atoms in total. The van der Waals surface area contributed by atoms with Crippen LogP contribution in [0.15, 0.2) is 38.4 Å². The number of phenolic OH excluding ortho intramolecular Hbond substituents is 1. The lowest BCUT2D eigenvalue weighted by Crippen LogP contribution is -2.08. The van der Waals surface area contributed by atoms with Gasteiger partial charge in [-0.05, 0) is 30.0 Å². The molecule has 16 heavy (non-hydrogen) atoms. The average molecular weight is 237 g/mol. The topological polar surface area (TPSA) is 93.5 Å². The number of carbonyl (C=O) groups is 1. The molecule has 0 spiro atoms. The normalized spacial score (nSPS) is 10.5. The van der Waals surface area contributed by atoms with Gasteiger partial charge in [0, 0.05) is 11.5 Å². The molecule has 1 amide bonds. The van der Waals surface area contributed by atoms with Gasteiger partial charge in [-0.15, -0.1) is 0 Å². The number of primary amides is 1. The van der Waals surface area contributed by atoms with Gasteiger partial charge in [-0.25, -0.2) is 4.79 Å². The third kappa shape index (κ3) is 2.01. The lowest BCUT2D eigenvalue weighted by atomic mass is 10.2. The molecule has 82 valence electrons. The van der Waals surface area contributed by atoms with Gasteiger partial charge < -0.3 is 15.3 Å². The van der Waals surface area contributed by atoms with Crippen molar-refractivity contribution in [3.63, 3.8) is 0 Å². The van der Waals surface area contributed by atoms with Crippen LogP contribution in [0, 0.1) is 0 Å². The lowest BCUT2D eigenvalue weighted by molar-refractivity contribution is 0.267. The molecule has 2 rings (SSSR count). The number of benzene rings is 1. The Kier molecular flexibility index (Phi) is 2.57. The van der Waals surface area contributed by atoms with Crippen molar-refractivity contribution < 1.29 is 14.3 Å². The first-order valence-corrected chi connectivity index (χ1v) is 5.12. The van der Waals surface area contributed by atoms with Crippen LogP contribution < -0.4 is 11.4 Å². The minimum absolute atomic E-state index is 0.00551. The monoisotopic (exact) mass is 237 g/mol. The third-order valence-electron chi connectivity index (χ3n) is 1.90. The predicted molar refractivity (Wildman–Crippen MR) is 59.6 cm³/mol. The zero-order valence-electron chi connectivity index (χ0n) is 7.97. The SMILES string of the molecule is NC(=O)Sc1cc2ccc(O)cc2oc1=O. The number of fused-ring (bicyclic) bond motifs is 1. The Morgan fingerprint density at radius 2 is 2.12 bits per heavy atom. The van der Waals surface area contributed by atoms with Gasteiger partial charge in [-0.2, -0.15) is 0 Å². The van der Waals surface area contributed by atoms with E-state index in [0.29, 0.717) is 17.1 Å². The zero-order chi connectivity index (χ0) is 11.7. The maximum Gasteiger partial charge on any atom is 0.350 e. The molecule has 0 saturated carbocycles. The van der Waals surface area contributed by atoms with Gasteiger partial charge in [0.2, 0.25) is 0 Å². The second-order valence-electron chi connectivity index (χ2n) is 3.04. The van der Waals surface area contributed by atoms with Gasteiger partial charge >= 0.3 is 5.63 Å². The van der Waals surface area contributed by atoms with Crippen LogP contribution >= 0.6 is 11.8 Å². The Bertz CT molecular complexity index is 620. The van der Waals surface area contributed by atoms with Crippen molar-refractivity contribution in [1.82, 2.24) is 0 Å². The number of nitrogens with two attached hydrogens (primary N) is 1. The molecule has 1 heterocycles. The highest BCUT2D eigenvalue weighted by Gasteiger charge is 2.09. The summed E-state index contributed by atoms with van der Waals surface area (Å²) in [4.78, 5) is 22.2. The highest BCUT2D eigenvalue weighted by atomic mass is 32.2. The number of hydrogen-bond acceptors (Lipinski definition) is 5. The average Bonchev–Trinajstić information content (AvgIpc) is 2.19. The van der Waals surface area contributed by atoms with Crippen molar-refractivity contribution in [2.45, 2.75) is 4.90 Å². The highest BCUT2D eigenvalue weighted by molar-refractivity contribution is 8.13. The van der Waals surface area contributed by atoms with Crippen molar-refractivity contribution in [3.8, 4) is 5.75 Å². The summed E-state index contributed by atoms with van der Waals surface area (Å²) < 4.78 is 4.93. The Morgan fingerprint density at radius 1 is 1.38 bits per heavy atom. The minimum Gasteiger partial charge on any atom is -0.508 e. The predicted octanol–water partition coefficient (Wildman–Crippen LogP) is 1.67. The first-order chi connectivity index (χ1) is 7.56. The summed E-state index contributed by atoms with van der Waals surface area (Å²) in [5.41, 5.74) is 4.58. The summed E-state index contributed by atoms with van der Waals surface area (Å²) in [7, 11) is 0. The molecule has 0 fully saturated rings. The van der Waals surface area contributed by atoms with Crippen molar-refractivity contribution >= 4 is 28.0 Å². The Hall–Kier alpha value is -1.95. The molecule has 0 radical (unpaired) electrons. The second kappa shape index (κ2) is 3.90. The molecule has 0 bridgehead atoms. The maximum absolute atomic E-state index is 11.4. The van der Waals surface area contributed by atoms with Crippen LogP contribution in [0.4, 0.5) is 4.79 Å². The van der Waals surface area contributed by atoms with Gasteiger partial charge in [0.1, 0.15) is 16.2 Å². The number of hydrogen-bond donors (Lipinski definition) is 2. The molecule has 3 N–H and O–H groups in total. The van der Waals surface area contributed by atoms with Gasteiger partial charge in [0.25, 0.3) is 5.24 Å². The standard InChI is InChI=1S/C10H7NO4S/c11-10(14)16-8-3-5-1-2-6(12)4-7(5)15-9(8)13/h1-4,12H,(H2,11,14). The molecule has 0 saturated heterocycles. The van der Waals surface area contributed by atoms with E-state index in [1.807, 2.05) is 0 Å². The van der Waals surface area contributed by atoms with Crippen molar-refractivity contribution in [3.05, 3.63) is 34.7 Å². The van der Waals surface area contributed by atoms with E-state index in [0.717, 1.165) is 0 Å². The number of aromatic hydroxyl groups is 1. The number of amides is 1. The largest absolute Gasteiger partial charge is 0.508 e. The minimum atomic E-state index is -0.676. The first kappa shape index (κ1) is 10.6. The summed E-state index contributed by atoms with van der Waals surface area (Å²) in [5.74, 6) is 0.00551. The molecule has 1 aromatic heterocycles. The quantitative estimate of drug-likeness (QED) is 0.581. The van der Waals surface area contributed by atoms with Crippen molar-refractivity contribution in [2.24, 2.45) is 5.73 Å². The molecule has 1 aromatic carbocycles. The summed E-state index contributed by atoms with van der Waals surface area (Å²) in [6, 6.07) is 5.87. The fraction of sp³-hybridized carbons (Fsp3) is 0. The van der Waals surface area contributed by atoms with Crippen molar-refractivity contribution in [1.29, 1.82) is 0 Å². The molecule has 0 aliphatic rings. The number of phenols is 1. The van der Waals surface area contributed by atoms with Crippen LogP contribution in [-0.4, -0.2) is 10.3 Å². The molecule has 0 aliphatic carbocycles. The molecular formula is C10H7NO4S. The van der Waals surface area contributed by atoms with E-state index in [9.17, 15) is 14.7 Å². The molecule has 2 aromatic rings. The zero-order valence-corrected chi connectivity index (χ0v) is 8.78. The fourth-order valence-corrected chi connectivity index (χ4v) is 1.79. The third-order valence-corrected chi connectivity index (χ3v) is 2.60. The van der Waals surface area contributed by atoms with Crippen LogP contribution in [0.25, 0.3) is 11.0 Å². The van der Waals surface area contributed by atoms with E-state index in [4.69, 9.17) is 10.2 Å². The molecule has 0 atom stereocenters. The summed E-state index contributed by atoms with van der Waals surface area (Å²) in [6.07, 6.45) is 0. The van der Waals surface area contributed by atoms with E-state index in [-0.39, 0.29) is 16.2 Å². The summed E-state index contributed by atoms with van der Waals surface area (Å²) in [6.45, 7) is 0. The molecular weight excluding hydrogens is 230 g/mol. The Balaban J connectivity index is 2.63. The summed E-state index contributed by atoms with van der Waals surface area (Å²) >= 11 is 0.614. The van der Waals surface area contributed by atoms with E-state index in [1.165, 1.54) is 18.2 Å². The number of rotatable bonds is 1. The fourth-order valence-electron chi connectivity index (χ4n) is 1.26. The van der Waals surface area contributed by atoms with E-state index in [1.54, 1.807) is 6.07 Å². The number of thioether (sulfide) groups is 1. The van der Waals surface area contributed by atoms with Crippen LogP contribution in [0.3, 0.4) is 0 Å². The lowest BCUT2D eigenvalue weighted by Gasteiger charge is -1.99. The second-order valence-corrected chi connectivity index (χ2v) is 4.09. The van der Waals surface area contributed by atoms with Gasteiger partial charge in [0.05, 0.1) is 0 Å². The number of carbonyl (C=O) groups excluding carboxylic acids is 1. The smallest absolute Gasteiger partial charge is 0.350 e. The van der Waals surface area contributed by atoms with E-state index in [2.05, 4.69) is 0 Å². The van der Waals surface area contributed by atoms with Crippen molar-refractivity contribution in [2.75, 3.05) is 0 Å². The Labute approximate surface area is 93.9 Å². The van der Waals surface area contributed by atoms with Gasteiger partial charge in [-0.1, -0.05) is 0 Å². The van der Waals surface area contributed by atoms with E-state index >= 15 is 0 Å². The Morgan fingerprint density at radius 3 is 2.81 bits per heavy atom. The van der Waals surface area contributed by atoms with Gasteiger partial charge in [-0.3, -0.25) is 4.79 Å². The summed E-state index contributed by atoms with van der Waals surface area (Å²) in [5, 5.41) is 9.13. The van der Waals surface area contributed by atoms with Gasteiger partial charge in [0.15, 0.2) is 0 Å². The maximum atomic E-state index is 11.4. The van der Waals surface area contributed by atoms with E-state index < -0.39 is 10.9 Å².